The fourth-order valence-electron chi connectivity index (χ4n) is 1.76. The van der Waals surface area contributed by atoms with Crippen LogP contribution in [0.15, 0.2) is 35.4 Å². The molecule has 124 valence electrons. The highest BCUT2D eigenvalue weighted by molar-refractivity contribution is 5.83. The van der Waals surface area contributed by atoms with Gasteiger partial charge in [0.05, 0.1) is 22.1 Å². The quantitative estimate of drug-likeness (QED) is 0.278. The van der Waals surface area contributed by atoms with Gasteiger partial charge in [0.1, 0.15) is 5.69 Å². The van der Waals surface area contributed by atoms with Gasteiger partial charge in [0.2, 0.25) is 0 Å². The van der Waals surface area contributed by atoms with E-state index in [-0.39, 0.29) is 11.3 Å². The van der Waals surface area contributed by atoms with E-state index in [0.29, 0.717) is 0 Å². The molecule has 0 saturated heterocycles. The van der Waals surface area contributed by atoms with Crippen LogP contribution in [0.25, 0.3) is 0 Å². The number of nitrogens with one attached hydrogen (secondary N) is 1. The largest absolute Gasteiger partial charge is 0.504 e. The van der Waals surface area contributed by atoms with Gasteiger partial charge in [-0.2, -0.15) is 5.10 Å². The first-order valence-electron chi connectivity index (χ1n) is 6.26. The summed E-state index contributed by atoms with van der Waals surface area (Å²) in [5.41, 5.74) is 1.46. The summed E-state index contributed by atoms with van der Waals surface area (Å²) >= 11 is 0. The highest BCUT2D eigenvalue weighted by Crippen LogP contribution is 2.35. The smallest absolute Gasteiger partial charge is 0.301 e. The van der Waals surface area contributed by atoms with Crippen molar-refractivity contribution in [3.63, 3.8) is 0 Å². The topological polar surface area (TPSA) is 171 Å². The van der Waals surface area contributed by atoms with Crippen LogP contribution in [0.4, 0.5) is 17.1 Å². The van der Waals surface area contributed by atoms with Crippen LogP contribution in [0.2, 0.25) is 0 Å². The predicted molar refractivity (Wildman–Crippen MR) is 82.4 cm³/mol. The van der Waals surface area contributed by atoms with E-state index in [0.717, 1.165) is 36.5 Å². The van der Waals surface area contributed by atoms with E-state index in [1.165, 1.54) is 0 Å². The van der Waals surface area contributed by atoms with Gasteiger partial charge in [-0.05, 0) is 18.2 Å². The number of nitrogens with zero attached hydrogens (tertiary/aromatic N) is 3. The van der Waals surface area contributed by atoms with Crippen LogP contribution in [0, 0.1) is 20.2 Å². The van der Waals surface area contributed by atoms with Crippen LogP contribution in [0.3, 0.4) is 0 Å². The highest BCUT2D eigenvalue weighted by atomic mass is 16.6. The average molecular weight is 334 g/mol. The van der Waals surface area contributed by atoms with Gasteiger partial charge in [0, 0.05) is 11.6 Å². The Labute approximate surface area is 133 Å². The molecule has 0 atom stereocenters. The average Bonchev–Trinajstić information content (AvgIpc) is 2.52. The second-order valence-corrected chi connectivity index (χ2v) is 4.49. The molecule has 11 heteroatoms. The second-order valence-electron chi connectivity index (χ2n) is 4.49. The Bertz CT molecular complexity index is 827. The third-order valence-corrected chi connectivity index (χ3v) is 2.88. The number of rotatable bonds is 5. The van der Waals surface area contributed by atoms with E-state index in [1.54, 1.807) is 0 Å². The minimum absolute atomic E-state index is 0.0888. The van der Waals surface area contributed by atoms with Crippen LogP contribution in [-0.4, -0.2) is 31.4 Å². The summed E-state index contributed by atoms with van der Waals surface area (Å²) in [6, 6.07) is 5.19. The standard InChI is InChI=1S/C13H10N4O7/c18-11-3-7(4-12(19)13(11)20)6-14-15-9-2-1-8(16(21)22)5-10(9)17(23)24/h1-6,15,18-20H. The lowest BCUT2D eigenvalue weighted by Crippen LogP contribution is -1.98. The predicted octanol–water partition coefficient (Wildman–Crippen LogP) is 2.07. The van der Waals surface area contributed by atoms with Crippen molar-refractivity contribution in [1.82, 2.24) is 0 Å². The zero-order valence-corrected chi connectivity index (χ0v) is 11.8. The molecule has 4 N–H and O–H groups in total. The molecule has 2 aromatic carbocycles. The van der Waals surface area contributed by atoms with Crippen LogP contribution < -0.4 is 5.43 Å². The van der Waals surface area contributed by atoms with Gasteiger partial charge in [-0.25, -0.2) is 0 Å². The minimum Gasteiger partial charge on any atom is -0.504 e. The molecule has 2 rings (SSSR count). The summed E-state index contributed by atoms with van der Waals surface area (Å²) in [5.74, 6) is -1.83. The van der Waals surface area contributed by atoms with Gasteiger partial charge in [-0.1, -0.05) is 0 Å². The van der Waals surface area contributed by atoms with Crippen LogP contribution in [0.5, 0.6) is 17.2 Å². The molecule has 0 aliphatic rings. The van der Waals surface area contributed by atoms with Crippen molar-refractivity contribution < 1.29 is 25.2 Å². The monoisotopic (exact) mass is 334 g/mol. The zero-order valence-electron chi connectivity index (χ0n) is 11.8. The van der Waals surface area contributed by atoms with Gasteiger partial charge in [0.15, 0.2) is 17.2 Å². The fourth-order valence-corrected chi connectivity index (χ4v) is 1.76. The maximum Gasteiger partial charge on any atom is 0.301 e. The Morgan fingerprint density at radius 1 is 1.00 bits per heavy atom. The van der Waals surface area contributed by atoms with Crippen LogP contribution in [0.1, 0.15) is 5.56 Å². The number of hydrazone groups is 1. The van der Waals surface area contributed by atoms with E-state index in [9.17, 15) is 35.5 Å². The summed E-state index contributed by atoms with van der Waals surface area (Å²) < 4.78 is 0. The zero-order chi connectivity index (χ0) is 17.9. The number of phenolic OH excluding ortho intramolecular Hbond substituents is 3. The Hall–Kier alpha value is -3.89. The third-order valence-electron chi connectivity index (χ3n) is 2.88. The lowest BCUT2D eigenvalue weighted by atomic mass is 10.2. The molecular weight excluding hydrogens is 324 g/mol. The lowest BCUT2D eigenvalue weighted by molar-refractivity contribution is -0.393. The first kappa shape index (κ1) is 16.5. The molecule has 0 radical (unpaired) electrons. The van der Waals surface area contributed by atoms with E-state index >= 15 is 0 Å². The Kier molecular flexibility index (Phi) is 4.45. The van der Waals surface area contributed by atoms with Crippen molar-refractivity contribution in [2.75, 3.05) is 5.43 Å². The number of benzene rings is 2. The molecule has 0 saturated carbocycles. The number of nitro groups is 2. The molecule has 0 amide bonds. The molecule has 0 aliphatic heterocycles. The summed E-state index contributed by atoms with van der Waals surface area (Å²) in [6.07, 6.45) is 1.12. The van der Waals surface area contributed by atoms with Crippen molar-refractivity contribution in [2.24, 2.45) is 5.10 Å². The van der Waals surface area contributed by atoms with Gasteiger partial charge >= 0.3 is 5.69 Å². The summed E-state index contributed by atoms with van der Waals surface area (Å²) in [5, 5.41) is 53.2. The minimum atomic E-state index is -0.803. The molecule has 0 bridgehead atoms. The molecule has 11 nitrogen and oxygen atoms in total. The molecule has 2 aromatic rings. The molecule has 0 spiro atoms. The number of anilines is 1. The molecule has 0 unspecified atom stereocenters. The summed E-state index contributed by atoms with van der Waals surface area (Å²) in [7, 11) is 0. The van der Waals surface area contributed by atoms with Crippen LogP contribution in [-0.2, 0) is 0 Å². The maximum atomic E-state index is 11.0. The van der Waals surface area contributed by atoms with E-state index in [4.69, 9.17) is 0 Å². The molecule has 24 heavy (non-hydrogen) atoms. The van der Waals surface area contributed by atoms with Crippen molar-refractivity contribution in [3.05, 3.63) is 56.1 Å². The summed E-state index contributed by atoms with van der Waals surface area (Å²) in [6.45, 7) is 0. The highest BCUT2D eigenvalue weighted by Gasteiger charge is 2.19. The maximum absolute atomic E-state index is 11.0. The Morgan fingerprint density at radius 3 is 2.17 bits per heavy atom. The molecule has 0 aliphatic carbocycles. The molecule has 0 heterocycles. The van der Waals surface area contributed by atoms with Gasteiger partial charge < -0.3 is 15.3 Å². The van der Waals surface area contributed by atoms with Crippen molar-refractivity contribution in [2.45, 2.75) is 0 Å². The fraction of sp³-hybridized carbons (Fsp3) is 0. The van der Waals surface area contributed by atoms with E-state index < -0.39 is 38.5 Å². The molecule has 0 fully saturated rings. The third kappa shape index (κ3) is 3.47. The SMILES string of the molecule is O=[N+]([O-])c1ccc(NN=Cc2cc(O)c(O)c(O)c2)c([N+](=O)[O-])c1. The van der Waals surface area contributed by atoms with Crippen molar-refractivity contribution in [3.8, 4) is 17.2 Å². The first-order chi connectivity index (χ1) is 11.3. The number of aromatic hydroxyl groups is 3. The van der Waals surface area contributed by atoms with Crippen molar-refractivity contribution >= 4 is 23.3 Å². The number of hydrogen-bond donors (Lipinski definition) is 4. The van der Waals surface area contributed by atoms with Gasteiger partial charge in [-0.3, -0.25) is 25.7 Å². The Morgan fingerprint density at radius 2 is 1.62 bits per heavy atom. The van der Waals surface area contributed by atoms with Crippen molar-refractivity contribution in [1.29, 1.82) is 0 Å². The number of nitro benzene ring substituents is 2. The summed E-state index contributed by atoms with van der Waals surface area (Å²) in [4.78, 5) is 20.0. The normalized spacial score (nSPS) is 10.7. The number of hydrogen-bond acceptors (Lipinski definition) is 9. The lowest BCUT2D eigenvalue weighted by Gasteiger charge is -2.03. The first-order valence-corrected chi connectivity index (χ1v) is 6.26. The van der Waals surface area contributed by atoms with Gasteiger partial charge in [-0.15, -0.1) is 0 Å². The molecular formula is C13H10N4O7. The second kappa shape index (κ2) is 6.48. The van der Waals surface area contributed by atoms with E-state index in [1.807, 2.05) is 0 Å². The van der Waals surface area contributed by atoms with E-state index in [2.05, 4.69) is 10.5 Å². The van der Waals surface area contributed by atoms with Gasteiger partial charge in [0.25, 0.3) is 5.69 Å². The Balaban J connectivity index is 2.25. The number of phenols is 3. The van der Waals surface area contributed by atoms with Crippen LogP contribution >= 0.6 is 0 Å². The number of non-ortho nitro benzene ring substituents is 1. The molecule has 0 aromatic heterocycles.